The molecule has 1 aliphatic heterocycles. The first kappa shape index (κ1) is 9.33. The molecule has 1 N–H and O–H groups in total. The molecular formula is C7H9F3N2. The first-order valence-corrected chi connectivity index (χ1v) is 3.73. The van der Waals surface area contributed by atoms with E-state index in [1.807, 2.05) is 0 Å². The second-order valence-corrected chi connectivity index (χ2v) is 2.90. The number of piperidine rings is 1. The van der Waals surface area contributed by atoms with E-state index in [0.717, 1.165) is 0 Å². The SMILES string of the molecule is N#CC1CC(C(F)(F)F)CCN1. The average molecular weight is 178 g/mol. The highest BCUT2D eigenvalue weighted by Gasteiger charge is 2.42. The summed E-state index contributed by atoms with van der Waals surface area (Å²) in [6, 6.07) is 1.16. The highest BCUT2D eigenvalue weighted by molar-refractivity contribution is 4.95. The monoisotopic (exact) mass is 178 g/mol. The fourth-order valence-corrected chi connectivity index (χ4v) is 1.31. The Kier molecular flexibility index (Phi) is 2.58. The molecule has 1 aliphatic rings. The molecule has 1 rings (SSSR count). The van der Waals surface area contributed by atoms with Gasteiger partial charge in [-0.25, -0.2) is 0 Å². The lowest BCUT2D eigenvalue weighted by atomic mass is 9.93. The van der Waals surface area contributed by atoms with Gasteiger partial charge in [-0.1, -0.05) is 0 Å². The molecule has 2 unspecified atom stereocenters. The largest absolute Gasteiger partial charge is 0.391 e. The molecular weight excluding hydrogens is 169 g/mol. The van der Waals surface area contributed by atoms with Gasteiger partial charge in [0.2, 0.25) is 0 Å². The molecule has 0 saturated carbocycles. The van der Waals surface area contributed by atoms with E-state index < -0.39 is 18.1 Å². The van der Waals surface area contributed by atoms with Gasteiger partial charge in [-0.05, 0) is 19.4 Å². The molecule has 0 bridgehead atoms. The number of nitrogens with one attached hydrogen (secondary N) is 1. The van der Waals surface area contributed by atoms with Crippen LogP contribution in [0.1, 0.15) is 12.8 Å². The molecule has 0 spiro atoms. The topological polar surface area (TPSA) is 35.8 Å². The third-order valence-corrected chi connectivity index (χ3v) is 2.02. The van der Waals surface area contributed by atoms with Crippen molar-refractivity contribution in [2.24, 2.45) is 5.92 Å². The highest BCUT2D eigenvalue weighted by Crippen LogP contribution is 2.33. The summed E-state index contributed by atoms with van der Waals surface area (Å²) in [5.41, 5.74) is 0. The summed E-state index contributed by atoms with van der Waals surface area (Å²) >= 11 is 0. The Morgan fingerprint density at radius 1 is 1.42 bits per heavy atom. The zero-order chi connectivity index (χ0) is 9.19. The van der Waals surface area contributed by atoms with Crippen LogP contribution in [0.4, 0.5) is 13.2 Å². The predicted molar refractivity (Wildman–Crippen MR) is 36.2 cm³/mol. The Morgan fingerprint density at radius 2 is 2.08 bits per heavy atom. The molecule has 0 aromatic rings. The molecule has 1 fully saturated rings. The first-order chi connectivity index (χ1) is 5.54. The average Bonchev–Trinajstić information content (AvgIpc) is 2.03. The van der Waals surface area contributed by atoms with E-state index in [1.165, 1.54) is 0 Å². The van der Waals surface area contributed by atoms with E-state index in [1.54, 1.807) is 6.07 Å². The van der Waals surface area contributed by atoms with E-state index in [-0.39, 0.29) is 19.4 Å². The van der Waals surface area contributed by atoms with Crippen molar-refractivity contribution in [2.45, 2.75) is 25.1 Å². The van der Waals surface area contributed by atoms with Crippen molar-refractivity contribution >= 4 is 0 Å². The number of nitriles is 1. The molecule has 2 atom stereocenters. The lowest BCUT2D eigenvalue weighted by molar-refractivity contribution is -0.181. The number of hydrogen-bond donors (Lipinski definition) is 1. The molecule has 0 aliphatic carbocycles. The minimum Gasteiger partial charge on any atom is -0.302 e. The molecule has 1 saturated heterocycles. The lowest BCUT2D eigenvalue weighted by Gasteiger charge is -2.27. The van der Waals surface area contributed by atoms with Crippen molar-refractivity contribution < 1.29 is 13.2 Å². The standard InChI is InChI=1S/C7H9F3N2/c8-7(9,10)5-1-2-12-6(3-5)4-11/h5-6,12H,1-3H2. The molecule has 1 heterocycles. The molecule has 2 nitrogen and oxygen atoms in total. The van der Waals surface area contributed by atoms with Crippen molar-refractivity contribution in [1.82, 2.24) is 5.32 Å². The molecule has 0 amide bonds. The maximum Gasteiger partial charge on any atom is 0.391 e. The van der Waals surface area contributed by atoms with Crippen molar-refractivity contribution in [3.8, 4) is 6.07 Å². The van der Waals surface area contributed by atoms with Crippen LogP contribution in [0.25, 0.3) is 0 Å². The number of rotatable bonds is 0. The van der Waals surface area contributed by atoms with Gasteiger partial charge in [0.25, 0.3) is 0 Å². The Morgan fingerprint density at radius 3 is 2.58 bits per heavy atom. The van der Waals surface area contributed by atoms with Crippen molar-refractivity contribution in [3.63, 3.8) is 0 Å². The van der Waals surface area contributed by atoms with Gasteiger partial charge in [-0.2, -0.15) is 18.4 Å². The summed E-state index contributed by atoms with van der Waals surface area (Å²) in [6.07, 6.45) is -4.17. The quantitative estimate of drug-likeness (QED) is 0.609. The predicted octanol–water partition coefficient (Wildman–Crippen LogP) is 1.44. The lowest BCUT2D eigenvalue weighted by Crippen LogP contribution is -2.41. The number of hydrogen-bond acceptors (Lipinski definition) is 2. The van der Waals surface area contributed by atoms with Gasteiger partial charge in [0.1, 0.15) is 0 Å². The van der Waals surface area contributed by atoms with Gasteiger partial charge in [0, 0.05) is 0 Å². The molecule has 0 aromatic carbocycles. The summed E-state index contributed by atoms with van der Waals surface area (Å²) in [4.78, 5) is 0. The Labute approximate surface area is 68.4 Å². The summed E-state index contributed by atoms with van der Waals surface area (Å²) in [7, 11) is 0. The van der Waals surface area contributed by atoms with Crippen LogP contribution >= 0.6 is 0 Å². The second kappa shape index (κ2) is 3.31. The molecule has 12 heavy (non-hydrogen) atoms. The van der Waals surface area contributed by atoms with Gasteiger partial charge in [0.15, 0.2) is 0 Å². The van der Waals surface area contributed by atoms with Crippen LogP contribution in [0.5, 0.6) is 0 Å². The minimum absolute atomic E-state index is 0.0850. The van der Waals surface area contributed by atoms with E-state index in [4.69, 9.17) is 5.26 Å². The fourth-order valence-electron chi connectivity index (χ4n) is 1.31. The maximum absolute atomic E-state index is 12.1. The first-order valence-electron chi connectivity index (χ1n) is 3.73. The van der Waals surface area contributed by atoms with Crippen molar-refractivity contribution in [1.29, 1.82) is 5.26 Å². The Balaban J connectivity index is 2.53. The molecule has 0 aromatic heterocycles. The number of halogens is 3. The van der Waals surface area contributed by atoms with E-state index >= 15 is 0 Å². The summed E-state index contributed by atoms with van der Waals surface area (Å²) in [6.45, 7) is 0.280. The van der Waals surface area contributed by atoms with Crippen LogP contribution in [-0.2, 0) is 0 Å². The minimum atomic E-state index is -4.14. The van der Waals surface area contributed by atoms with Crippen LogP contribution in [-0.4, -0.2) is 18.8 Å². The zero-order valence-electron chi connectivity index (χ0n) is 6.36. The van der Waals surface area contributed by atoms with Gasteiger partial charge in [0.05, 0.1) is 18.0 Å². The summed E-state index contributed by atoms with van der Waals surface area (Å²) < 4.78 is 36.3. The van der Waals surface area contributed by atoms with Crippen LogP contribution in [0.3, 0.4) is 0 Å². The smallest absolute Gasteiger partial charge is 0.302 e. The summed E-state index contributed by atoms with van der Waals surface area (Å²) in [5.74, 6) is -1.30. The zero-order valence-corrected chi connectivity index (χ0v) is 6.36. The molecule has 68 valence electrons. The van der Waals surface area contributed by atoms with Crippen LogP contribution in [0.15, 0.2) is 0 Å². The van der Waals surface area contributed by atoms with Crippen LogP contribution < -0.4 is 5.32 Å². The van der Waals surface area contributed by atoms with Gasteiger partial charge in [-0.3, -0.25) is 0 Å². The maximum atomic E-state index is 12.1. The number of nitrogens with zero attached hydrogens (tertiary/aromatic N) is 1. The Bertz CT molecular complexity index is 194. The summed E-state index contributed by atoms with van der Waals surface area (Å²) in [5, 5.41) is 11.1. The van der Waals surface area contributed by atoms with E-state index in [9.17, 15) is 13.2 Å². The normalized spacial score (nSPS) is 31.2. The van der Waals surface area contributed by atoms with Gasteiger partial charge >= 0.3 is 6.18 Å². The third-order valence-electron chi connectivity index (χ3n) is 2.02. The van der Waals surface area contributed by atoms with E-state index in [0.29, 0.717) is 0 Å². The van der Waals surface area contributed by atoms with Gasteiger partial charge < -0.3 is 5.32 Å². The van der Waals surface area contributed by atoms with Crippen LogP contribution in [0, 0.1) is 17.2 Å². The molecule has 5 heteroatoms. The second-order valence-electron chi connectivity index (χ2n) is 2.90. The number of alkyl halides is 3. The molecule has 0 radical (unpaired) electrons. The van der Waals surface area contributed by atoms with E-state index in [2.05, 4.69) is 5.32 Å². The van der Waals surface area contributed by atoms with Crippen molar-refractivity contribution in [3.05, 3.63) is 0 Å². The highest BCUT2D eigenvalue weighted by atomic mass is 19.4. The third kappa shape index (κ3) is 2.11. The fraction of sp³-hybridized carbons (Fsp3) is 0.857. The van der Waals surface area contributed by atoms with Gasteiger partial charge in [-0.15, -0.1) is 0 Å². The Hall–Kier alpha value is -0.760. The van der Waals surface area contributed by atoms with Crippen molar-refractivity contribution in [2.75, 3.05) is 6.54 Å². The van der Waals surface area contributed by atoms with Crippen LogP contribution in [0.2, 0.25) is 0 Å².